The number of amides is 1. The van der Waals surface area contributed by atoms with Crippen LogP contribution in [0.4, 0.5) is 15.8 Å². The number of carbonyl (C=O) groups excluding carboxylic acids is 1. The SMILES string of the molecule is COc1ccc(NC(=O)C(C)Nc2ccc(F)cc2)cc1OC. The second-order valence-corrected chi connectivity index (χ2v) is 4.93. The standard InChI is InChI=1S/C17H19FN2O3/c1-11(19-13-6-4-12(18)5-7-13)17(21)20-14-8-9-15(22-2)16(10-14)23-3/h4-11,19H,1-3H3,(H,20,21). The zero-order valence-electron chi connectivity index (χ0n) is 13.2. The molecule has 0 fully saturated rings. The molecule has 0 radical (unpaired) electrons. The van der Waals surface area contributed by atoms with Crippen molar-refractivity contribution in [3.8, 4) is 11.5 Å². The van der Waals surface area contributed by atoms with Crippen LogP contribution in [0.15, 0.2) is 42.5 Å². The molecule has 0 heterocycles. The molecule has 2 aromatic rings. The number of nitrogens with one attached hydrogen (secondary N) is 2. The number of carbonyl (C=O) groups is 1. The molecule has 1 unspecified atom stereocenters. The fourth-order valence-corrected chi connectivity index (χ4v) is 2.03. The minimum atomic E-state index is -0.492. The fourth-order valence-electron chi connectivity index (χ4n) is 2.03. The van der Waals surface area contributed by atoms with Crippen LogP contribution >= 0.6 is 0 Å². The third-order valence-electron chi connectivity index (χ3n) is 3.27. The van der Waals surface area contributed by atoms with Crippen LogP contribution in [0, 0.1) is 5.82 Å². The van der Waals surface area contributed by atoms with Crippen LogP contribution in [0.1, 0.15) is 6.92 Å². The van der Waals surface area contributed by atoms with Gasteiger partial charge >= 0.3 is 0 Å². The molecule has 5 nitrogen and oxygen atoms in total. The van der Waals surface area contributed by atoms with E-state index < -0.39 is 6.04 Å². The summed E-state index contributed by atoms with van der Waals surface area (Å²) in [6.07, 6.45) is 0. The van der Waals surface area contributed by atoms with Crippen LogP contribution < -0.4 is 20.1 Å². The maximum atomic E-state index is 12.9. The number of benzene rings is 2. The smallest absolute Gasteiger partial charge is 0.246 e. The summed E-state index contributed by atoms with van der Waals surface area (Å²) < 4.78 is 23.2. The Bertz CT molecular complexity index is 674. The summed E-state index contributed by atoms with van der Waals surface area (Å²) in [4.78, 5) is 12.2. The van der Waals surface area contributed by atoms with Gasteiger partial charge in [-0.1, -0.05) is 0 Å². The first kappa shape index (κ1) is 16.6. The largest absolute Gasteiger partial charge is 0.493 e. The van der Waals surface area contributed by atoms with Crippen molar-refractivity contribution in [3.63, 3.8) is 0 Å². The number of methoxy groups -OCH3 is 2. The van der Waals surface area contributed by atoms with E-state index in [1.807, 2.05) is 0 Å². The highest BCUT2D eigenvalue weighted by molar-refractivity contribution is 5.96. The van der Waals surface area contributed by atoms with E-state index >= 15 is 0 Å². The van der Waals surface area contributed by atoms with Gasteiger partial charge in [0.2, 0.25) is 5.91 Å². The molecule has 0 spiro atoms. The minimum absolute atomic E-state index is 0.221. The van der Waals surface area contributed by atoms with Gasteiger partial charge in [0, 0.05) is 17.4 Å². The van der Waals surface area contributed by atoms with Crippen molar-refractivity contribution in [3.05, 3.63) is 48.3 Å². The Morgan fingerprint density at radius 3 is 2.22 bits per heavy atom. The van der Waals surface area contributed by atoms with E-state index in [0.29, 0.717) is 22.9 Å². The number of halogens is 1. The van der Waals surface area contributed by atoms with Gasteiger partial charge in [0.15, 0.2) is 11.5 Å². The third kappa shape index (κ3) is 4.35. The van der Waals surface area contributed by atoms with Crippen molar-refractivity contribution < 1.29 is 18.7 Å². The molecule has 1 atom stereocenters. The number of rotatable bonds is 6. The Kier molecular flexibility index (Phi) is 5.41. The first-order valence-corrected chi connectivity index (χ1v) is 7.08. The number of anilines is 2. The topological polar surface area (TPSA) is 59.6 Å². The van der Waals surface area contributed by atoms with E-state index in [9.17, 15) is 9.18 Å². The Balaban J connectivity index is 2.01. The molecule has 0 aliphatic heterocycles. The minimum Gasteiger partial charge on any atom is -0.493 e. The molecule has 0 saturated heterocycles. The summed E-state index contributed by atoms with van der Waals surface area (Å²) in [7, 11) is 3.08. The molecule has 0 saturated carbocycles. The first-order chi connectivity index (χ1) is 11.0. The molecule has 23 heavy (non-hydrogen) atoms. The highest BCUT2D eigenvalue weighted by atomic mass is 19.1. The third-order valence-corrected chi connectivity index (χ3v) is 3.27. The molecule has 2 rings (SSSR count). The average molecular weight is 318 g/mol. The molecule has 0 bridgehead atoms. The van der Waals surface area contributed by atoms with E-state index in [2.05, 4.69) is 10.6 Å². The van der Waals surface area contributed by atoms with E-state index in [-0.39, 0.29) is 11.7 Å². The maximum Gasteiger partial charge on any atom is 0.246 e. The molecule has 6 heteroatoms. The zero-order chi connectivity index (χ0) is 16.8. The molecular weight excluding hydrogens is 299 g/mol. The zero-order valence-corrected chi connectivity index (χ0v) is 13.2. The van der Waals surface area contributed by atoms with E-state index in [1.54, 1.807) is 44.4 Å². The normalized spacial score (nSPS) is 11.5. The summed E-state index contributed by atoms with van der Waals surface area (Å²) >= 11 is 0. The summed E-state index contributed by atoms with van der Waals surface area (Å²) in [5, 5.41) is 5.79. The van der Waals surface area contributed by atoms with Gasteiger partial charge in [0.05, 0.1) is 14.2 Å². The highest BCUT2D eigenvalue weighted by Gasteiger charge is 2.14. The van der Waals surface area contributed by atoms with Crippen molar-refractivity contribution in [2.75, 3.05) is 24.9 Å². The van der Waals surface area contributed by atoms with Crippen LogP contribution in [-0.4, -0.2) is 26.2 Å². The number of hydrogen-bond acceptors (Lipinski definition) is 4. The number of hydrogen-bond donors (Lipinski definition) is 2. The fraction of sp³-hybridized carbons (Fsp3) is 0.235. The van der Waals surface area contributed by atoms with E-state index in [0.717, 1.165) is 0 Å². The Morgan fingerprint density at radius 1 is 1.00 bits per heavy atom. The van der Waals surface area contributed by atoms with Crippen LogP contribution in [0.5, 0.6) is 11.5 Å². The van der Waals surface area contributed by atoms with Crippen LogP contribution in [0.3, 0.4) is 0 Å². The van der Waals surface area contributed by atoms with Gasteiger partial charge in [-0.25, -0.2) is 4.39 Å². The molecule has 1 amide bonds. The van der Waals surface area contributed by atoms with Gasteiger partial charge in [-0.05, 0) is 43.3 Å². The highest BCUT2D eigenvalue weighted by Crippen LogP contribution is 2.29. The molecular formula is C17H19FN2O3. The van der Waals surface area contributed by atoms with Gasteiger partial charge in [-0.3, -0.25) is 4.79 Å². The van der Waals surface area contributed by atoms with Crippen molar-refractivity contribution >= 4 is 17.3 Å². The maximum absolute atomic E-state index is 12.9. The molecule has 0 aliphatic carbocycles. The van der Waals surface area contributed by atoms with Crippen molar-refractivity contribution in [1.29, 1.82) is 0 Å². The average Bonchev–Trinajstić information content (AvgIpc) is 2.56. The Labute approximate surface area is 134 Å². The molecule has 2 N–H and O–H groups in total. The summed E-state index contributed by atoms with van der Waals surface area (Å²) in [5.41, 5.74) is 1.27. The second kappa shape index (κ2) is 7.49. The number of ether oxygens (including phenoxy) is 2. The molecule has 0 aromatic heterocycles. The Morgan fingerprint density at radius 2 is 1.61 bits per heavy atom. The van der Waals surface area contributed by atoms with E-state index in [1.165, 1.54) is 19.2 Å². The predicted molar refractivity (Wildman–Crippen MR) is 87.7 cm³/mol. The predicted octanol–water partition coefficient (Wildman–Crippen LogP) is 3.28. The lowest BCUT2D eigenvalue weighted by Crippen LogP contribution is -2.31. The molecule has 2 aromatic carbocycles. The lowest BCUT2D eigenvalue weighted by molar-refractivity contribution is -0.116. The lowest BCUT2D eigenvalue weighted by atomic mass is 10.2. The van der Waals surface area contributed by atoms with Gasteiger partial charge in [-0.2, -0.15) is 0 Å². The monoisotopic (exact) mass is 318 g/mol. The summed E-state index contributed by atoms with van der Waals surface area (Å²) in [6, 6.07) is 10.5. The van der Waals surface area contributed by atoms with Crippen LogP contribution in [0.2, 0.25) is 0 Å². The quantitative estimate of drug-likeness (QED) is 0.858. The van der Waals surface area contributed by atoms with Crippen molar-refractivity contribution in [1.82, 2.24) is 0 Å². The van der Waals surface area contributed by atoms with Crippen LogP contribution in [-0.2, 0) is 4.79 Å². The summed E-state index contributed by atoms with van der Waals surface area (Å²) in [6.45, 7) is 1.72. The van der Waals surface area contributed by atoms with Gasteiger partial charge in [0.25, 0.3) is 0 Å². The lowest BCUT2D eigenvalue weighted by Gasteiger charge is -2.16. The second-order valence-electron chi connectivity index (χ2n) is 4.93. The van der Waals surface area contributed by atoms with Gasteiger partial charge in [-0.15, -0.1) is 0 Å². The van der Waals surface area contributed by atoms with Crippen molar-refractivity contribution in [2.24, 2.45) is 0 Å². The molecule has 0 aliphatic rings. The van der Waals surface area contributed by atoms with Gasteiger partial charge in [0.1, 0.15) is 11.9 Å². The van der Waals surface area contributed by atoms with E-state index in [4.69, 9.17) is 9.47 Å². The van der Waals surface area contributed by atoms with Crippen LogP contribution in [0.25, 0.3) is 0 Å². The van der Waals surface area contributed by atoms with Crippen molar-refractivity contribution in [2.45, 2.75) is 13.0 Å². The first-order valence-electron chi connectivity index (χ1n) is 7.08. The van der Waals surface area contributed by atoms with Gasteiger partial charge < -0.3 is 20.1 Å². The molecule has 122 valence electrons. The Hall–Kier alpha value is -2.76. The summed E-state index contributed by atoms with van der Waals surface area (Å²) in [5.74, 6) is 0.576.